The fraction of sp³-hybridized carbons (Fsp3) is 0.333. The highest BCUT2D eigenvalue weighted by Crippen LogP contribution is 2.31. The SMILES string of the molecule is Cc1cccc(C(C)C)c1NC(=O)COC(=O)[C@H]1COc2ccccc2O1. The van der Waals surface area contributed by atoms with E-state index in [4.69, 9.17) is 14.2 Å². The van der Waals surface area contributed by atoms with Gasteiger partial charge in [-0.3, -0.25) is 4.79 Å². The zero-order valence-corrected chi connectivity index (χ0v) is 15.7. The van der Waals surface area contributed by atoms with E-state index in [0.717, 1.165) is 16.8 Å². The number of carbonyl (C=O) groups is 2. The molecule has 2 aromatic carbocycles. The first kappa shape index (κ1) is 18.8. The number of ether oxygens (including phenoxy) is 3. The van der Waals surface area contributed by atoms with Gasteiger partial charge in [-0.1, -0.05) is 44.2 Å². The second-order valence-corrected chi connectivity index (χ2v) is 6.71. The molecule has 142 valence electrons. The lowest BCUT2D eigenvalue weighted by atomic mass is 9.98. The minimum Gasteiger partial charge on any atom is -0.485 e. The van der Waals surface area contributed by atoms with Crippen LogP contribution in [0, 0.1) is 6.92 Å². The van der Waals surface area contributed by atoms with Gasteiger partial charge in [0.15, 0.2) is 18.1 Å². The van der Waals surface area contributed by atoms with E-state index >= 15 is 0 Å². The Morgan fingerprint density at radius 3 is 2.63 bits per heavy atom. The molecule has 6 heteroatoms. The molecule has 27 heavy (non-hydrogen) atoms. The van der Waals surface area contributed by atoms with Gasteiger partial charge in [0.05, 0.1) is 0 Å². The first-order valence-corrected chi connectivity index (χ1v) is 8.90. The van der Waals surface area contributed by atoms with Gasteiger partial charge < -0.3 is 19.5 Å². The molecule has 1 aliphatic heterocycles. The minimum atomic E-state index is -0.891. The molecule has 1 atom stereocenters. The Hall–Kier alpha value is -3.02. The molecule has 6 nitrogen and oxygen atoms in total. The summed E-state index contributed by atoms with van der Waals surface area (Å²) in [6, 6.07) is 13.0. The maximum absolute atomic E-state index is 12.3. The van der Waals surface area contributed by atoms with E-state index in [1.807, 2.05) is 31.2 Å². The molecular weight excluding hydrogens is 346 g/mol. The predicted molar refractivity (Wildman–Crippen MR) is 101 cm³/mol. The monoisotopic (exact) mass is 369 g/mol. The maximum atomic E-state index is 12.3. The molecule has 0 aliphatic carbocycles. The Labute approximate surface area is 158 Å². The van der Waals surface area contributed by atoms with Gasteiger partial charge in [-0.25, -0.2) is 4.79 Å². The van der Waals surface area contributed by atoms with Crippen molar-refractivity contribution in [1.82, 2.24) is 0 Å². The van der Waals surface area contributed by atoms with Crippen LogP contribution >= 0.6 is 0 Å². The largest absolute Gasteiger partial charge is 0.485 e. The van der Waals surface area contributed by atoms with Crippen LogP contribution in [0.2, 0.25) is 0 Å². The van der Waals surface area contributed by atoms with Gasteiger partial charge in [-0.15, -0.1) is 0 Å². The van der Waals surface area contributed by atoms with Crippen molar-refractivity contribution in [2.75, 3.05) is 18.5 Å². The molecule has 0 fully saturated rings. The zero-order chi connectivity index (χ0) is 19.4. The Kier molecular flexibility index (Phi) is 5.64. The zero-order valence-electron chi connectivity index (χ0n) is 15.7. The number of esters is 1. The van der Waals surface area contributed by atoms with E-state index in [2.05, 4.69) is 19.2 Å². The van der Waals surface area contributed by atoms with Crippen molar-refractivity contribution < 1.29 is 23.8 Å². The number of fused-ring (bicyclic) bond motifs is 1. The van der Waals surface area contributed by atoms with Crippen molar-refractivity contribution >= 4 is 17.6 Å². The third-order valence-electron chi connectivity index (χ3n) is 4.31. The number of carbonyl (C=O) groups excluding carboxylic acids is 2. The minimum absolute atomic E-state index is 0.0484. The van der Waals surface area contributed by atoms with Crippen LogP contribution in [0.4, 0.5) is 5.69 Å². The van der Waals surface area contributed by atoms with E-state index in [-0.39, 0.29) is 19.1 Å². The average Bonchev–Trinajstić information content (AvgIpc) is 2.67. The van der Waals surface area contributed by atoms with Crippen molar-refractivity contribution in [3.8, 4) is 11.5 Å². The van der Waals surface area contributed by atoms with Crippen LogP contribution in [-0.4, -0.2) is 31.2 Å². The molecule has 1 amide bonds. The Bertz CT molecular complexity index is 846. The average molecular weight is 369 g/mol. The fourth-order valence-electron chi connectivity index (χ4n) is 2.88. The smallest absolute Gasteiger partial charge is 0.351 e. The van der Waals surface area contributed by atoms with Gasteiger partial charge in [0, 0.05) is 5.69 Å². The van der Waals surface area contributed by atoms with Crippen LogP contribution in [0.5, 0.6) is 11.5 Å². The molecule has 0 bridgehead atoms. The van der Waals surface area contributed by atoms with E-state index in [0.29, 0.717) is 11.5 Å². The highest BCUT2D eigenvalue weighted by molar-refractivity contribution is 5.94. The highest BCUT2D eigenvalue weighted by Gasteiger charge is 2.29. The summed E-state index contributed by atoms with van der Waals surface area (Å²) in [5.74, 6) is 0.303. The molecule has 1 aliphatic rings. The van der Waals surface area contributed by atoms with Gasteiger partial charge in [0.2, 0.25) is 6.10 Å². The summed E-state index contributed by atoms with van der Waals surface area (Å²) in [5.41, 5.74) is 2.76. The summed E-state index contributed by atoms with van der Waals surface area (Å²) in [6.07, 6.45) is -0.891. The van der Waals surface area contributed by atoms with E-state index in [1.165, 1.54) is 0 Å². The number of hydrogen-bond acceptors (Lipinski definition) is 5. The molecule has 3 rings (SSSR count). The van der Waals surface area contributed by atoms with Gasteiger partial charge in [0.25, 0.3) is 5.91 Å². The van der Waals surface area contributed by atoms with Crippen LogP contribution in [0.3, 0.4) is 0 Å². The van der Waals surface area contributed by atoms with Crippen molar-refractivity contribution in [3.05, 3.63) is 53.6 Å². The molecule has 0 aromatic heterocycles. The normalized spacial score (nSPS) is 15.3. The van der Waals surface area contributed by atoms with E-state index in [9.17, 15) is 9.59 Å². The van der Waals surface area contributed by atoms with Gasteiger partial charge in [0.1, 0.15) is 6.61 Å². The third-order valence-corrected chi connectivity index (χ3v) is 4.31. The highest BCUT2D eigenvalue weighted by atomic mass is 16.6. The summed E-state index contributed by atoms with van der Waals surface area (Å²) >= 11 is 0. The second kappa shape index (κ2) is 8.12. The molecule has 0 saturated heterocycles. The number of hydrogen-bond donors (Lipinski definition) is 1. The van der Waals surface area contributed by atoms with Crippen LogP contribution in [0.15, 0.2) is 42.5 Å². The maximum Gasteiger partial charge on any atom is 0.351 e. The summed E-state index contributed by atoms with van der Waals surface area (Å²) in [4.78, 5) is 24.5. The first-order valence-electron chi connectivity index (χ1n) is 8.90. The quantitative estimate of drug-likeness (QED) is 0.818. The lowest BCUT2D eigenvalue weighted by Crippen LogP contribution is -2.39. The van der Waals surface area contributed by atoms with Crippen LogP contribution < -0.4 is 14.8 Å². The number of amides is 1. The second-order valence-electron chi connectivity index (χ2n) is 6.71. The standard InChI is InChI=1S/C21H23NO5/c1-13(2)15-8-6-7-14(3)20(15)22-19(23)12-26-21(24)18-11-25-16-9-4-5-10-17(16)27-18/h4-10,13,18H,11-12H2,1-3H3,(H,22,23)/t18-/m1/s1. The van der Waals surface area contributed by atoms with Crippen molar-refractivity contribution in [1.29, 1.82) is 0 Å². The number of para-hydroxylation sites is 3. The number of rotatable bonds is 5. The summed E-state index contributed by atoms with van der Waals surface area (Å²) in [7, 11) is 0. The Morgan fingerprint density at radius 1 is 1.15 bits per heavy atom. The number of anilines is 1. The van der Waals surface area contributed by atoms with E-state index < -0.39 is 18.0 Å². The van der Waals surface area contributed by atoms with Crippen LogP contribution in [0.1, 0.15) is 30.9 Å². The van der Waals surface area contributed by atoms with Crippen molar-refractivity contribution in [2.24, 2.45) is 0 Å². The number of benzene rings is 2. The van der Waals surface area contributed by atoms with E-state index in [1.54, 1.807) is 18.2 Å². The van der Waals surface area contributed by atoms with Crippen LogP contribution in [-0.2, 0) is 14.3 Å². The van der Waals surface area contributed by atoms with Crippen LogP contribution in [0.25, 0.3) is 0 Å². The third kappa shape index (κ3) is 4.39. The lowest BCUT2D eigenvalue weighted by molar-refractivity contribution is -0.156. The molecule has 0 radical (unpaired) electrons. The lowest BCUT2D eigenvalue weighted by Gasteiger charge is -2.24. The molecule has 0 unspecified atom stereocenters. The molecule has 0 spiro atoms. The molecule has 0 saturated carbocycles. The van der Waals surface area contributed by atoms with Gasteiger partial charge in [-0.2, -0.15) is 0 Å². The molecular formula is C21H23NO5. The number of aryl methyl sites for hydroxylation is 1. The number of nitrogens with one attached hydrogen (secondary N) is 1. The summed E-state index contributed by atoms with van der Waals surface area (Å²) < 4.78 is 16.2. The van der Waals surface area contributed by atoms with Crippen molar-refractivity contribution in [3.63, 3.8) is 0 Å². The molecule has 1 heterocycles. The Balaban J connectivity index is 1.57. The fourth-order valence-corrected chi connectivity index (χ4v) is 2.88. The summed E-state index contributed by atoms with van der Waals surface area (Å²) in [5, 5.41) is 2.85. The van der Waals surface area contributed by atoms with Gasteiger partial charge >= 0.3 is 5.97 Å². The predicted octanol–water partition coefficient (Wildman–Crippen LogP) is 3.44. The van der Waals surface area contributed by atoms with Crippen molar-refractivity contribution in [2.45, 2.75) is 32.8 Å². The Morgan fingerprint density at radius 2 is 1.89 bits per heavy atom. The topological polar surface area (TPSA) is 73.9 Å². The van der Waals surface area contributed by atoms with Gasteiger partial charge in [-0.05, 0) is 36.1 Å². The molecule has 1 N–H and O–H groups in total. The summed E-state index contributed by atoms with van der Waals surface area (Å²) in [6.45, 7) is 5.71. The molecule has 2 aromatic rings. The first-order chi connectivity index (χ1) is 13.0.